The van der Waals surface area contributed by atoms with E-state index in [4.69, 9.17) is 27.7 Å². The van der Waals surface area contributed by atoms with E-state index in [9.17, 15) is 151 Å². The second-order valence-corrected chi connectivity index (χ2v) is 33.2. The Kier molecular flexibility index (Phi) is 50.9. The first-order valence-corrected chi connectivity index (χ1v) is 44.4. The molecule has 776 valence electrons. The maximum Gasteiger partial charge on any atom is 0.326 e. The van der Waals surface area contributed by atoms with Crippen molar-refractivity contribution < 1.29 is 156 Å². The number of guanidine groups is 1. The summed E-state index contributed by atoms with van der Waals surface area (Å²) in [6.07, 6.45) is -11.9. The molecule has 56 nitrogen and oxygen atoms in total. The molecule has 1 aliphatic heterocycles. The van der Waals surface area contributed by atoms with Gasteiger partial charge in [-0.3, -0.25) is 111 Å². The van der Waals surface area contributed by atoms with E-state index in [1.807, 2.05) is 16.0 Å². The van der Waals surface area contributed by atoms with Crippen LogP contribution in [0, 0.1) is 11.3 Å². The number of phenols is 1. The molecule has 0 unspecified atom stereocenters. The van der Waals surface area contributed by atoms with Gasteiger partial charge in [-0.1, -0.05) is 56.3 Å². The number of carbonyl (C=O) groups excluding carboxylic acids is 20. The SMILES string of the molecule is CC(C)[C@H](NC(=O)CNC(=O)[C@H](CCCNC(=N)N)NC(=O)[C@H](C)NC(=O)[C@H](CS)NC(=O)[C@H](Cc1ccccc1)NC(=O)[C@H](Cc1ccc(O)cc1)NC(=O)[C@@H](NC(=O)[C@H](C)NC(=O)[C@@H](NC(=O)[C@H](CC(=O)O)NC(=O)[C@H](CCC(=O)O)NC(=O)[C@@H](NC(=O)[C@@H](NC(=O)[C@@H]1CCCN1C(=O)[C@@H](N)CO)[C@@H](C)O)[C@@H](C)O)[C@@H](C)O)[C@@H](C)O)C(=O)NCC(=O)NCC(=O)NCC(=O)N[C@@H](CC(N)=O)C(=O)O. The third-order valence-corrected chi connectivity index (χ3v) is 21.2. The maximum absolute atomic E-state index is 14.8. The molecule has 140 heavy (non-hydrogen) atoms. The minimum Gasteiger partial charge on any atom is -0.508 e. The Morgan fingerprint density at radius 2 is 0.829 bits per heavy atom. The number of nitrogens with one attached hydrogen (secondary N) is 20. The molecule has 0 bridgehead atoms. The van der Waals surface area contributed by atoms with Gasteiger partial charge in [-0.15, -0.1) is 0 Å². The zero-order chi connectivity index (χ0) is 106. The van der Waals surface area contributed by atoms with Gasteiger partial charge in [0.25, 0.3) is 0 Å². The number of primary amides is 1. The highest BCUT2D eigenvalue weighted by molar-refractivity contribution is 7.80. The van der Waals surface area contributed by atoms with E-state index in [1.165, 1.54) is 45.0 Å². The third-order valence-electron chi connectivity index (χ3n) is 20.8. The Labute approximate surface area is 805 Å². The number of aliphatic hydroxyl groups is 5. The van der Waals surface area contributed by atoms with E-state index in [2.05, 4.69) is 97.7 Å². The van der Waals surface area contributed by atoms with Crippen molar-refractivity contribution >= 4 is 155 Å². The summed E-state index contributed by atoms with van der Waals surface area (Å²) < 4.78 is 0. The lowest BCUT2D eigenvalue weighted by Gasteiger charge is -2.30. The van der Waals surface area contributed by atoms with Gasteiger partial charge in [0, 0.05) is 38.1 Å². The van der Waals surface area contributed by atoms with Crippen LogP contribution < -0.4 is 118 Å². The highest BCUT2D eigenvalue weighted by Crippen LogP contribution is 2.20. The smallest absolute Gasteiger partial charge is 0.326 e. The fraction of sp³-hybridized carbons (Fsp3) is 0.566. The minimum absolute atomic E-state index is 0.0111. The molecule has 0 aliphatic carbocycles. The van der Waals surface area contributed by atoms with Gasteiger partial charge < -0.3 is 169 Å². The number of benzene rings is 2. The molecule has 2 aromatic carbocycles. The van der Waals surface area contributed by atoms with E-state index in [0.29, 0.717) is 12.0 Å². The summed E-state index contributed by atoms with van der Waals surface area (Å²) in [5.41, 5.74) is 16.7. The largest absolute Gasteiger partial charge is 0.508 e. The Bertz CT molecular complexity index is 4730. The van der Waals surface area contributed by atoms with Gasteiger partial charge in [0.1, 0.15) is 102 Å². The number of hydrogen-bond acceptors (Lipinski definition) is 32. The van der Waals surface area contributed by atoms with Gasteiger partial charge >= 0.3 is 17.9 Å². The summed E-state index contributed by atoms with van der Waals surface area (Å²) in [5.74, 6) is -29.4. The molecule has 1 saturated heterocycles. The van der Waals surface area contributed by atoms with E-state index in [0.717, 1.165) is 39.5 Å². The van der Waals surface area contributed by atoms with E-state index in [-0.39, 0.29) is 50.1 Å². The van der Waals surface area contributed by atoms with E-state index in [1.54, 1.807) is 30.3 Å². The summed E-state index contributed by atoms with van der Waals surface area (Å²) >= 11 is 4.26. The average molecular weight is 2000 g/mol. The zero-order valence-corrected chi connectivity index (χ0v) is 78.5. The monoisotopic (exact) mass is 2000 g/mol. The van der Waals surface area contributed by atoms with Crippen molar-refractivity contribution in [2.24, 2.45) is 23.1 Å². The second kappa shape index (κ2) is 59.5. The van der Waals surface area contributed by atoms with Crippen LogP contribution in [0.4, 0.5) is 0 Å². The number of carboxylic acids is 3. The van der Waals surface area contributed by atoms with Crippen LogP contribution in [-0.4, -0.2) is 366 Å². The molecule has 2 aromatic rings. The second-order valence-electron chi connectivity index (χ2n) is 32.9. The molecule has 1 heterocycles. The lowest BCUT2D eigenvalue weighted by molar-refractivity contribution is -0.143. The number of carbonyl (C=O) groups is 23. The predicted molar refractivity (Wildman–Crippen MR) is 487 cm³/mol. The summed E-state index contributed by atoms with van der Waals surface area (Å²) in [5, 5.41) is 142. The Morgan fingerprint density at radius 3 is 1.33 bits per heavy atom. The quantitative estimate of drug-likeness (QED) is 0.0127. The van der Waals surface area contributed by atoms with Gasteiger partial charge in [-0.25, -0.2) is 4.79 Å². The molecule has 1 aliphatic rings. The number of phenolic OH excluding ortho intramolecular Hbond substituents is 1. The van der Waals surface area contributed by atoms with Crippen molar-refractivity contribution in [2.45, 2.75) is 241 Å². The van der Waals surface area contributed by atoms with Crippen LogP contribution in [0.3, 0.4) is 0 Å². The summed E-state index contributed by atoms with van der Waals surface area (Å²) in [6.45, 7) is 5.43. The van der Waals surface area contributed by atoms with Crippen LogP contribution in [0.1, 0.15) is 118 Å². The first-order chi connectivity index (χ1) is 65.6. The van der Waals surface area contributed by atoms with Crippen molar-refractivity contribution in [3.05, 3.63) is 65.7 Å². The molecule has 0 aromatic heterocycles. The minimum atomic E-state index is -2.27. The topological polar surface area (TPSA) is 908 Å². The van der Waals surface area contributed by atoms with Gasteiger partial charge in [-0.05, 0) is 103 Å². The van der Waals surface area contributed by atoms with Crippen molar-refractivity contribution in [3.63, 3.8) is 0 Å². The number of rotatable bonds is 60. The number of amides is 20. The van der Waals surface area contributed by atoms with Crippen molar-refractivity contribution in [1.82, 2.24) is 106 Å². The van der Waals surface area contributed by atoms with Gasteiger partial charge in [0.2, 0.25) is 118 Å². The molecular weight excluding hydrogens is 1880 g/mol. The lowest BCUT2D eigenvalue weighted by Crippen LogP contribution is -2.63. The molecule has 0 radical (unpaired) electrons. The zero-order valence-electron chi connectivity index (χ0n) is 77.6. The Hall–Kier alpha value is -14.6. The molecule has 20 atom stereocenters. The molecule has 35 N–H and O–H groups in total. The Morgan fingerprint density at radius 1 is 0.421 bits per heavy atom. The summed E-state index contributed by atoms with van der Waals surface area (Å²) in [4.78, 5) is 307. The lowest BCUT2D eigenvalue weighted by atomic mass is 10.0. The van der Waals surface area contributed by atoms with Gasteiger partial charge in [-0.2, -0.15) is 12.6 Å². The molecular formula is C83H126N24O32S. The number of aliphatic carboxylic acids is 3. The normalized spacial score (nSPS) is 16.2. The number of aromatic hydroxyl groups is 1. The number of thiol groups is 1. The van der Waals surface area contributed by atoms with Crippen LogP contribution >= 0.6 is 12.6 Å². The molecule has 1 fully saturated rings. The number of carboxylic acid groups (broad SMARTS) is 3. The maximum atomic E-state index is 14.8. The standard InChI is InChI=1S/C83H126N24O32S/c1-36(2)62(76(132)92-31-57(116)89-30-56(115)90-32-58(117)95-52(82(138)139)28-55(85)114)102-59(118)33-91-69(125)47(16-12-24-88-83(86)87)96-67(123)37(3)93-74(130)53(35-140)101-72(128)49(26-43-14-10-9-11-15-43)98-71(127)50(27-44-18-20-45(113)21-19-44)100-79(135)64(40(6)110)103-68(124)38(4)94-77(133)63(39(5)109)104-73(129)51(29-61(121)122)99-70(126)48(22-23-60(119)120)97-78(134)65(41(7)111)106-80(136)66(42(8)112)105-75(131)54-17-13-25-107(54)81(137)46(84)34-108/h9-11,14-15,18-21,36-42,46-54,62-66,108-113,140H,12-13,16-17,22-35,84H2,1-8H3,(H2,85,114)(H,89,116)(H,90,115)(H,91,125)(H,92,132)(H,93,130)(H,94,133)(H,95,117)(H,96,123)(H,97,134)(H,98,127)(H,99,126)(H,100,135)(H,101,128)(H,102,118)(H,103,124)(H,104,129)(H,105,131)(H,106,136)(H,119,120)(H,121,122)(H,138,139)(H4,86,87,88)/t37-,38-,39+,40+,41+,42+,46-,47-,48-,49-,50-,51-,52-,53-,54-,62-,63-,64-,65-,66-/m0/s1. The number of nitrogens with two attached hydrogens (primary N) is 3. The first-order valence-electron chi connectivity index (χ1n) is 43.8. The average Bonchev–Trinajstić information content (AvgIpc) is 1.74. The van der Waals surface area contributed by atoms with Gasteiger partial charge in [0.05, 0.1) is 70.0 Å². The van der Waals surface area contributed by atoms with Crippen LogP contribution in [0.5, 0.6) is 5.75 Å². The van der Waals surface area contributed by atoms with Crippen LogP contribution in [0.2, 0.25) is 0 Å². The van der Waals surface area contributed by atoms with E-state index < -0.39 is 340 Å². The number of nitrogens with zero attached hydrogens (tertiary/aromatic N) is 1. The third kappa shape index (κ3) is 42.2. The van der Waals surface area contributed by atoms with Crippen molar-refractivity contribution in [3.8, 4) is 5.75 Å². The molecule has 0 saturated carbocycles. The number of likely N-dealkylation sites (tertiary alicyclic amines) is 1. The van der Waals surface area contributed by atoms with Crippen LogP contribution in [0.15, 0.2) is 54.6 Å². The highest BCUT2D eigenvalue weighted by Gasteiger charge is 2.43. The Balaban J connectivity index is 1.81. The van der Waals surface area contributed by atoms with Crippen LogP contribution in [0.25, 0.3) is 0 Å². The van der Waals surface area contributed by atoms with Crippen molar-refractivity contribution in [2.75, 3.05) is 51.6 Å². The molecule has 0 spiro atoms. The first kappa shape index (κ1) is 120. The number of aliphatic hydroxyl groups excluding tert-OH is 5. The van der Waals surface area contributed by atoms with E-state index >= 15 is 0 Å². The number of hydrogen-bond donors (Lipinski definition) is 33. The summed E-state index contributed by atoms with van der Waals surface area (Å²) in [7, 11) is 0. The fourth-order valence-electron chi connectivity index (χ4n) is 13.1. The molecule has 57 heteroatoms. The molecule has 20 amide bonds. The van der Waals surface area contributed by atoms with Gasteiger partial charge in [0.15, 0.2) is 5.96 Å². The predicted octanol–water partition coefficient (Wildman–Crippen LogP) is -14.5. The highest BCUT2D eigenvalue weighted by atomic mass is 32.1. The van der Waals surface area contributed by atoms with Crippen LogP contribution in [-0.2, 0) is 123 Å². The molecule has 3 rings (SSSR count). The van der Waals surface area contributed by atoms with Crippen molar-refractivity contribution in [1.29, 1.82) is 5.41 Å². The summed E-state index contributed by atoms with van der Waals surface area (Å²) in [6, 6.07) is -15.1. The fourth-order valence-corrected chi connectivity index (χ4v) is 13.4.